The molecule has 152 valence electrons. The zero-order chi connectivity index (χ0) is 20.6. The molecule has 2 rings (SSSR count). The second-order valence-corrected chi connectivity index (χ2v) is 9.02. The van der Waals surface area contributed by atoms with E-state index in [1.807, 2.05) is 25.1 Å². The smallest absolute Gasteiger partial charge is 0.310 e. The van der Waals surface area contributed by atoms with Crippen LogP contribution in [0, 0.1) is 6.92 Å². The van der Waals surface area contributed by atoms with Crippen molar-refractivity contribution in [1.29, 1.82) is 0 Å². The van der Waals surface area contributed by atoms with Crippen LogP contribution < -0.4 is 4.43 Å². The Balaban J connectivity index is 2.04. The van der Waals surface area contributed by atoms with E-state index in [-0.39, 0.29) is 16.9 Å². The Hall–Kier alpha value is -1.94. The van der Waals surface area contributed by atoms with Gasteiger partial charge in [0.25, 0.3) is 0 Å². The molecular formula is C24H34O3Si. The Morgan fingerprint density at radius 3 is 2.21 bits per heavy atom. The van der Waals surface area contributed by atoms with E-state index in [0.29, 0.717) is 15.5 Å². The molecule has 3 nitrogen and oxygen atoms in total. The summed E-state index contributed by atoms with van der Waals surface area (Å²) in [5.41, 5.74) is 2.95. The molecule has 2 aromatic carbocycles. The lowest BCUT2D eigenvalue weighted by Crippen LogP contribution is -2.20. The van der Waals surface area contributed by atoms with Crippen molar-refractivity contribution < 1.29 is 14.6 Å². The molecule has 0 saturated heterocycles. The number of hydrogen-bond donors (Lipinski definition) is 2. The van der Waals surface area contributed by atoms with Crippen LogP contribution in [0.1, 0.15) is 76.0 Å². The average Bonchev–Trinajstić information content (AvgIpc) is 2.66. The Kier molecular flexibility index (Phi) is 8.43. The zero-order valence-corrected chi connectivity index (χ0v) is 18.7. The van der Waals surface area contributed by atoms with Gasteiger partial charge in [0.15, 0.2) is 5.75 Å². The lowest BCUT2D eigenvalue weighted by Gasteiger charge is -2.29. The fourth-order valence-electron chi connectivity index (χ4n) is 3.62. The third kappa shape index (κ3) is 5.78. The van der Waals surface area contributed by atoms with Crippen molar-refractivity contribution >= 4 is 9.76 Å². The first-order valence-electron chi connectivity index (χ1n) is 10.4. The Bertz CT molecular complexity index is 738. The number of phenolic OH excluding ortho intramolecular Hbond substituents is 2. The summed E-state index contributed by atoms with van der Waals surface area (Å²) in [4.78, 5) is 0. The van der Waals surface area contributed by atoms with E-state index in [4.69, 9.17) is 4.43 Å². The first kappa shape index (κ1) is 22.3. The summed E-state index contributed by atoms with van der Waals surface area (Å²) in [6, 6.07) is 12.1. The van der Waals surface area contributed by atoms with Gasteiger partial charge in [-0.15, -0.1) is 0 Å². The molecule has 0 aliphatic carbocycles. The van der Waals surface area contributed by atoms with Gasteiger partial charge in [0.05, 0.1) is 0 Å². The number of benzene rings is 2. The van der Waals surface area contributed by atoms with Crippen LogP contribution in [0.2, 0.25) is 6.04 Å². The van der Waals surface area contributed by atoms with Crippen LogP contribution in [-0.2, 0) is 5.41 Å². The second kappa shape index (κ2) is 10.6. The van der Waals surface area contributed by atoms with E-state index < -0.39 is 0 Å². The molecule has 0 saturated carbocycles. The molecular weight excluding hydrogens is 364 g/mol. The molecule has 0 fully saturated rings. The summed E-state index contributed by atoms with van der Waals surface area (Å²) in [5.74, 6) is 1.08. The Morgan fingerprint density at radius 1 is 0.893 bits per heavy atom. The predicted molar refractivity (Wildman–Crippen MR) is 118 cm³/mol. The monoisotopic (exact) mass is 398 g/mol. The third-order valence-electron chi connectivity index (χ3n) is 5.45. The molecule has 28 heavy (non-hydrogen) atoms. The van der Waals surface area contributed by atoms with Gasteiger partial charge in [0.2, 0.25) is 0 Å². The van der Waals surface area contributed by atoms with Gasteiger partial charge in [-0.05, 0) is 47.9 Å². The van der Waals surface area contributed by atoms with Crippen molar-refractivity contribution in [2.24, 2.45) is 0 Å². The van der Waals surface area contributed by atoms with Crippen molar-refractivity contribution in [2.75, 3.05) is 0 Å². The van der Waals surface area contributed by atoms with E-state index in [9.17, 15) is 10.2 Å². The Labute approximate surface area is 172 Å². The second-order valence-electron chi connectivity index (χ2n) is 8.02. The van der Waals surface area contributed by atoms with Crippen molar-refractivity contribution in [1.82, 2.24) is 0 Å². The first-order valence-corrected chi connectivity index (χ1v) is 11.5. The number of phenols is 2. The molecule has 2 aromatic rings. The molecule has 0 aliphatic rings. The Morgan fingerprint density at radius 2 is 1.54 bits per heavy atom. The molecule has 2 N–H and O–H groups in total. The predicted octanol–water partition coefficient (Wildman–Crippen LogP) is 6.51. The minimum absolute atomic E-state index is 0.207. The van der Waals surface area contributed by atoms with E-state index in [1.165, 1.54) is 38.5 Å². The van der Waals surface area contributed by atoms with Gasteiger partial charge < -0.3 is 14.6 Å². The summed E-state index contributed by atoms with van der Waals surface area (Å²) in [5, 5.41) is 19.9. The quantitative estimate of drug-likeness (QED) is 0.335. The van der Waals surface area contributed by atoms with Crippen LogP contribution in [0.25, 0.3) is 0 Å². The van der Waals surface area contributed by atoms with E-state index in [2.05, 4.69) is 20.8 Å². The summed E-state index contributed by atoms with van der Waals surface area (Å²) in [6.07, 6.45) is 7.68. The molecule has 2 radical (unpaired) electrons. The highest BCUT2D eigenvalue weighted by Gasteiger charge is 2.27. The minimum Gasteiger partial charge on any atom is -0.538 e. The standard InChI is InChI=1S/C24H34O3Si/c1-5-6-7-8-9-10-17-28-27-23-18(2)21(15-16-22(23)26)24(3,4)19-11-13-20(25)14-12-19/h11-16,25-26H,5-10,17H2,1-4H3. The molecule has 0 aromatic heterocycles. The van der Waals surface area contributed by atoms with E-state index in [1.54, 1.807) is 18.2 Å². The maximum absolute atomic E-state index is 10.3. The highest BCUT2D eigenvalue weighted by molar-refractivity contribution is 6.28. The van der Waals surface area contributed by atoms with Gasteiger partial charge in [-0.25, -0.2) is 0 Å². The number of hydrogen-bond acceptors (Lipinski definition) is 3. The van der Waals surface area contributed by atoms with Gasteiger partial charge >= 0.3 is 9.76 Å². The largest absolute Gasteiger partial charge is 0.538 e. The number of rotatable bonds is 11. The lowest BCUT2D eigenvalue weighted by molar-refractivity contribution is 0.438. The van der Waals surface area contributed by atoms with Gasteiger partial charge in [0.1, 0.15) is 11.5 Å². The SMILES string of the molecule is CCCCCCCC[Si]Oc1c(O)ccc(C(C)(C)c2ccc(O)cc2)c1C. The van der Waals surface area contributed by atoms with Crippen LogP contribution in [0.4, 0.5) is 0 Å². The minimum atomic E-state index is -0.258. The molecule has 0 bridgehead atoms. The molecule has 0 unspecified atom stereocenters. The van der Waals surface area contributed by atoms with Gasteiger partial charge in [-0.3, -0.25) is 0 Å². The normalized spacial score (nSPS) is 11.6. The van der Waals surface area contributed by atoms with Gasteiger partial charge in [0, 0.05) is 5.41 Å². The van der Waals surface area contributed by atoms with Crippen LogP contribution in [-0.4, -0.2) is 20.0 Å². The van der Waals surface area contributed by atoms with Crippen molar-refractivity contribution in [3.05, 3.63) is 53.1 Å². The molecule has 4 heteroatoms. The molecule has 0 spiro atoms. The summed E-state index contributed by atoms with van der Waals surface area (Å²) < 4.78 is 6.02. The maximum atomic E-state index is 10.3. The summed E-state index contributed by atoms with van der Waals surface area (Å²) in [6.45, 7) is 8.56. The summed E-state index contributed by atoms with van der Waals surface area (Å²) in [7, 11) is 0.366. The van der Waals surface area contributed by atoms with Gasteiger partial charge in [-0.1, -0.05) is 77.5 Å². The molecule has 0 atom stereocenters. The van der Waals surface area contributed by atoms with Crippen LogP contribution in [0.3, 0.4) is 0 Å². The van der Waals surface area contributed by atoms with Crippen molar-refractivity contribution in [2.45, 2.75) is 77.7 Å². The topological polar surface area (TPSA) is 49.7 Å². The van der Waals surface area contributed by atoms with E-state index >= 15 is 0 Å². The molecule has 0 heterocycles. The first-order chi connectivity index (χ1) is 13.4. The maximum Gasteiger partial charge on any atom is 0.310 e. The molecule has 0 aliphatic heterocycles. The highest BCUT2D eigenvalue weighted by Crippen LogP contribution is 2.40. The highest BCUT2D eigenvalue weighted by atomic mass is 28.2. The zero-order valence-electron chi connectivity index (χ0n) is 17.7. The van der Waals surface area contributed by atoms with Crippen LogP contribution in [0.5, 0.6) is 17.2 Å². The molecule has 0 amide bonds. The van der Waals surface area contributed by atoms with Crippen LogP contribution in [0.15, 0.2) is 36.4 Å². The lowest BCUT2D eigenvalue weighted by atomic mass is 9.76. The van der Waals surface area contributed by atoms with Gasteiger partial charge in [-0.2, -0.15) is 0 Å². The van der Waals surface area contributed by atoms with Crippen molar-refractivity contribution in [3.8, 4) is 17.2 Å². The van der Waals surface area contributed by atoms with E-state index in [0.717, 1.165) is 22.7 Å². The fourth-order valence-corrected chi connectivity index (χ4v) is 4.52. The summed E-state index contributed by atoms with van der Waals surface area (Å²) >= 11 is 0. The van der Waals surface area contributed by atoms with Crippen LogP contribution >= 0.6 is 0 Å². The average molecular weight is 399 g/mol. The number of aromatic hydroxyl groups is 2. The third-order valence-corrected chi connectivity index (χ3v) is 6.36. The number of unbranched alkanes of at least 4 members (excludes halogenated alkanes) is 5. The van der Waals surface area contributed by atoms with Crippen molar-refractivity contribution in [3.63, 3.8) is 0 Å². The fraction of sp³-hybridized carbons (Fsp3) is 0.500.